The highest BCUT2D eigenvalue weighted by Gasteiger charge is 2.36. The number of hydrogen-bond acceptors (Lipinski definition) is 3. The number of aliphatic hydroxyl groups excluding tert-OH is 1. The topological polar surface area (TPSA) is 49.8 Å². The lowest BCUT2D eigenvalue weighted by atomic mass is 9.87. The molecular formula is C22H26FNO3. The van der Waals surface area contributed by atoms with Crippen molar-refractivity contribution in [2.24, 2.45) is 0 Å². The number of halogens is 1. The third kappa shape index (κ3) is 4.55. The summed E-state index contributed by atoms with van der Waals surface area (Å²) in [5.74, 6) is -0.340. The fraction of sp³-hybridized carbons (Fsp3) is 0.318. The lowest BCUT2D eigenvalue weighted by Gasteiger charge is -2.39. The third-order valence-electron chi connectivity index (χ3n) is 4.74. The van der Waals surface area contributed by atoms with Crippen molar-refractivity contribution in [1.29, 1.82) is 0 Å². The van der Waals surface area contributed by atoms with E-state index in [0.29, 0.717) is 13.0 Å². The molecule has 0 fully saturated rings. The number of hydrogen-bond donors (Lipinski definition) is 1. The summed E-state index contributed by atoms with van der Waals surface area (Å²) in [4.78, 5) is 14.9. The molecular weight excluding hydrogens is 345 g/mol. The average Bonchev–Trinajstić information content (AvgIpc) is 2.74. The summed E-state index contributed by atoms with van der Waals surface area (Å²) < 4.78 is 18.9. The predicted octanol–water partition coefficient (Wildman–Crippen LogP) is 4.07. The van der Waals surface area contributed by atoms with Crippen LogP contribution in [-0.4, -0.2) is 35.7 Å². The van der Waals surface area contributed by atoms with Gasteiger partial charge in [0.05, 0.1) is 12.3 Å². The average molecular weight is 371 g/mol. The molecule has 144 valence electrons. The molecule has 2 aliphatic rings. The van der Waals surface area contributed by atoms with Crippen molar-refractivity contribution in [2.45, 2.75) is 31.4 Å². The molecule has 0 saturated carbocycles. The highest BCUT2D eigenvalue weighted by Crippen LogP contribution is 2.38. The quantitative estimate of drug-likeness (QED) is 0.868. The maximum absolute atomic E-state index is 13.4. The van der Waals surface area contributed by atoms with Gasteiger partial charge >= 0.3 is 0 Å². The molecule has 2 atom stereocenters. The summed E-state index contributed by atoms with van der Waals surface area (Å²) in [5.41, 5.74) is 2.86. The van der Waals surface area contributed by atoms with Crippen LogP contribution in [-0.2, 0) is 9.53 Å². The summed E-state index contributed by atoms with van der Waals surface area (Å²) in [6, 6.07) is 5.97. The van der Waals surface area contributed by atoms with Crippen LogP contribution in [0.15, 0.2) is 73.1 Å². The van der Waals surface area contributed by atoms with Gasteiger partial charge in [-0.05, 0) is 54.2 Å². The highest BCUT2D eigenvalue weighted by atomic mass is 19.1. The SMILES string of the molecule is C=CC1=C(C=C)[C@H](c2ccc(F)cc2)N(C(=O)[C@H]2CCC=CO2)CC1.CO. The summed E-state index contributed by atoms with van der Waals surface area (Å²) in [7, 11) is 1.00. The zero-order valence-corrected chi connectivity index (χ0v) is 15.6. The highest BCUT2D eigenvalue weighted by molar-refractivity contribution is 5.82. The van der Waals surface area contributed by atoms with E-state index in [-0.39, 0.29) is 17.8 Å². The van der Waals surface area contributed by atoms with Gasteiger partial charge in [-0.2, -0.15) is 0 Å². The van der Waals surface area contributed by atoms with Crippen LogP contribution in [0.4, 0.5) is 4.39 Å². The molecule has 0 spiro atoms. The van der Waals surface area contributed by atoms with Crippen LogP contribution in [0, 0.1) is 5.82 Å². The second kappa shape index (κ2) is 9.88. The van der Waals surface area contributed by atoms with Crippen molar-refractivity contribution < 1.29 is 19.0 Å². The molecule has 4 nitrogen and oxygen atoms in total. The Bertz CT molecular complexity index is 736. The van der Waals surface area contributed by atoms with Gasteiger partial charge < -0.3 is 14.7 Å². The Morgan fingerprint density at radius 1 is 1.26 bits per heavy atom. The Balaban J connectivity index is 0.00000126. The molecule has 0 radical (unpaired) electrons. The maximum Gasteiger partial charge on any atom is 0.264 e. The summed E-state index contributed by atoms with van der Waals surface area (Å²) in [6.07, 6.45) is 8.85. The number of rotatable bonds is 4. The van der Waals surface area contributed by atoms with Gasteiger partial charge in [0.2, 0.25) is 0 Å². The smallest absolute Gasteiger partial charge is 0.264 e. The molecule has 0 unspecified atom stereocenters. The van der Waals surface area contributed by atoms with Crippen molar-refractivity contribution in [3.63, 3.8) is 0 Å². The van der Waals surface area contributed by atoms with E-state index in [0.717, 1.165) is 36.7 Å². The summed E-state index contributed by atoms with van der Waals surface area (Å²) >= 11 is 0. The maximum atomic E-state index is 13.4. The van der Waals surface area contributed by atoms with E-state index >= 15 is 0 Å². The van der Waals surface area contributed by atoms with Crippen LogP contribution < -0.4 is 0 Å². The minimum Gasteiger partial charge on any atom is -0.489 e. The molecule has 0 bridgehead atoms. The van der Waals surface area contributed by atoms with E-state index in [1.807, 2.05) is 17.1 Å². The zero-order chi connectivity index (χ0) is 19.8. The number of allylic oxidation sites excluding steroid dienone is 2. The van der Waals surface area contributed by atoms with Crippen molar-refractivity contribution >= 4 is 5.91 Å². The number of aliphatic hydroxyl groups is 1. The minimum atomic E-state index is -0.468. The second-order valence-corrected chi connectivity index (χ2v) is 6.20. The Kier molecular flexibility index (Phi) is 7.55. The first kappa shape index (κ1) is 20.6. The fourth-order valence-electron chi connectivity index (χ4n) is 3.46. The first-order chi connectivity index (χ1) is 13.2. The molecule has 1 aromatic rings. The molecule has 2 aliphatic heterocycles. The molecule has 0 aromatic heterocycles. The third-order valence-corrected chi connectivity index (χ3v) is 4.74. The first-order valence-electron chi connectivity index (χ1n) is 8.94. The van der Waals surface area contributed by atoms with E-state index in [2.05, 4.69) is 13.2 Å². The van der Waals surface area contributed by atoms with Crippen molar-refractivity contribution in [2.75, 3.05) is 13.7 Å². The molecule has 3 rings (SSSR count). The lowest BCUT2D eigenvalue weighted by Crippen LogP contribution is -2.45. The van der Waals surface area contributed by atoms with Gasteiger partial charge in [-0.25, -0.2) is 4.39 Å². The number of ether oxygens (including phenoxy) is 1. The molecule has 1 N–H and O–H groups in total. The van der Waals surface area contributed by atoms with E-state index in [9.17, 15) is 9.18 Å². The van der Waals surface area contributed by atoms with E-state index in [1.54, 1.807) is 24.5 Å². The van der Waals surface area contributed by atoms with Crippen LogP contribution in [0.3, 0.4) is 0 Å². The number of carbonyl (C=O) groups is 1. The van der Waals surface area contributed by atoms with Crippen molar-refractivity contribution in [3.8, 4) is 0 Å². The molecule has 2 heterocycles. The Morgan fingerprint density at radius 3 is 2.52 bits per heavy atom. The Morgan fingerprint density at radius 2 is 1.96 bits per heavy atom. The number of benzene rings is 1. The second-order valence-electron chi connectivity index (χ2n) is 6.20. The van der Waals surface area contributed by atoms with Gasteiger partial charge in [0, 0.05) is 13.7 Å². The zero-order valence-electron chi connectivity index (χ0n) is 15.6. The van der Waals surface area contributed by atoms with Crippen LogP contribution >= 0.6 is 0 Å². The summed E-state index contributed by atoms with van der Waals surface area (Å²) in [6.45, 7) is 8.38. The van der Waals surface area contributed by atoms with E-state index < -0.39 is 6.10 Å². The largest absolute Gasteiger partial charge is 0.489 e. The normalized spacial score (nSPS) is 21.7. The molecule has 5 heteroatoms. The van der Waals surface area contributed by atoms with E-state index in [1.165, 1.54) is 12.1 Å². The number of nitrogens with zero attached hydrogens (tertiary/aromatic N) is 1. The molecule has 1 amide bonds. The van der Waals surface area contributed by atoms with Gasteiger partial charge in [0.25, 0.3) is 5.91 Å². The lowest BCUT2D eigenvalue weighted by molar-refractivity contribution is -0.143. The van der Waals surface area contributed by atoms with E-state index in [4.69, 9.17) is 9.84 Å². The van der Waals surface area contributed by atoms with Gasteiger partial charge in [-0.15, -0.1) is 0 Å². The summed E-state index contributed by atoms with van der Waals surface area (Å²) in [5, 5.41) is 7.00. The van der Waals surface area contributed by atoms with Crippen molar-refractivity contribution in [3.05, 3.63) is 84.4 Å². The van der Waals surface area contributed by atoms with Crippen LogP contribution in [0.2, 0.25) is 0 Å². The molecule has 0 aliphatic carbocycles. The monoisotopic (exact) mass is 371 g/mol. The molecule has 27 heavy (non-hydrogen) atoms. The standard InChI is InChI=1S/C21H22FNO2.CH4O/c1-3-15-12-13-23(21(24)19-7-5-6-14-25-19)20(18(15)4-2)16-8-10-17(22)11-9-16;1-2/h3-4,6,8-11,14,19-20H,1-2,5,7,12-13H2;2H,1H3/t19-,20+;/m1./s1. The van der Waals surface area contributed by atoms with Gasteiger partial charge in [0.15, 0.2) is 6.10 Å². The van der Waals surface area contributed by atoms with Crippen LogP contribution in [0.1, 0.15) is 30.9 Å². The Hall–Kier alpha value is -2.66. The first-order valence-corrected chi connectivity index (χ1v) is 8.94. The van der Waals surface area contributed by atoms with Crippen molar-refractivity contribution in [1.82, 2.24) is 4.90 Å². The van der Waals surface area contributed by atoms with Crippen LogP contribution in [0.5, 0.6) is 0 Å². The molecule has 0 saturated heterocycles. The Labute approximate surface area is 160 Å². The number of amides is 1. The fourth-order valence-corrected chi connectivity index (χ4v) is 3.46. The van der Waals surface area contributed by atoms with Gasteiger partial charge in [-0.3, -0.25) is 4.79 Å². The molecule has 1 aromatic carbocycles. The number of carbonyl (C=O) groups excluding carboxylic acids is 1. The van der Waals surface area contributed by atoms with Gasteiger partial charge in [-0.1, -0.05) is 37.4 Å². The predicted molar refractivity (Wildman–Crippen MR) is 104 cm³/mol. The van der Waals surface area contributed by atoms with Gasteiger partial charge in [0.1, 0.15) is 5.82 Å². The van der Waals surface area contributed by atoms with Crippen LogP contribution in [0.25, 0.3) is 0 Å². The minimum absolute atomic E-state index is 0.0406.